The normalized spacial score (nSPS) is 38.3. The number of aliphatic hydroxyl groups excluding tert-OH is 1. The summed E-state index contributed by atoms with van der Waals surface area (Å²) < 4.78 is 24.6. The maximum Gasteiger partial charge on any atom is 0.338 e. The SMILES string of the molecule is CC(=O)O[C@@H]1C2=C(C)[C@@H](O)C[C@@](O)([C@@H](OC(=O)c3ccccc3)[C@@H]3[C@@]4(CCC[C@@]3(C)[C@H]1OC(C)=O)CCC(=O)O4)C2(C)C. The number of carbonyl (C=O) groups excluding carboxylic acids is 4. The van der Waals surface area contributed by atoms with Crippen molar-refractivity contribution in [1.29, 1.82) is 0 Å². The van der Waals surface area contributed by atoms with Crippen LogP contribution in [0.15, 0.2) is 41.5 Å². The minimum atomic E-state index is -1.92. The first-order valence-corrected chi connectivity index (χ1v) is 15.0. The molecule has 2 saturated carbocycles. The predicted molar refractivity (Wildman–Crippen MR) is 152 cm³/mol. The number of rotatable bonds is 4. The number of fused-ring (bicyclic) bond motifs is 4. The Morgan fingerprint density at radius 3 is 2.16 bits per heavy atom. The summed E-state index contributed by atoms with van der Waals surface area (Å²) in [6.07, 6.45) is -3.13. The lowest BCUT2D eigenvalue weighted by Crippen LogP contribution is -2.74. The van der Waals surface area contributed by atoms with E-state index in [0.29, 0.717) is 36.8 Å². The molecule has 1 aromatic rings. The molecule has 3 fully saturated rings. The Hall–Kier alpha value is -3.24. The zero-order chi connectivity index (χ0) is 31.5. The summed E-state index contributed by atoms with van der Waals surface area (Å²) in [4.78, 5) is 52.0. The molecule has 2 N–H and O–H groups in total. The van der Waals surface area contributed by atoms with E-state index in [9.17, 15) is 29.4 Å². The Morgan fingerprint density at radius 2 is 1.58 bits per heavy atom. The molecule has 10 heteroatoms. The first-order chi connectivity index (χ1) is 20.1. The fourth-order valence-corrected chi connectivity index (χ4v) is 8.69. The highest BCUT2D eigenvalue weighted by atomic mass is 16.6. The molecule has 8 atom stereocenters. The number of benzene rings is 1. The third kappa shape index (κ3) is 4.86. The number of esters is 4. The van der Waals surface area contributed by atoms with Crippen LogP contribution in [0.1, 0.15) is 90.4 Å². The topological polar surface area (TPSA) is 146 Å². The van der Waals surface area contributed by atoms with Gasteiger partial charge in [0.05, 0.1) is 11.7 Å². The van der Waals surface area contributed by atoms with Gasteiger partial charge in [0.2, 0.25) is 0 Å². The average molecular weight is 599 g/mol. The molecule has 4 aliphatic rings. The minimum absolute atomic E-state index is 0.131. The van der Waals surface area contributed by atoms with Gasteiger partial charge in [0.25, 0.3) is 0 Å². The van der Waals surface area contributed by atoms with Gasteiger partial charge in [-0.2, -0.15) is 0 Å². The molecule has 0 amide bonds. The Bertz CT molecular complexity index is 1350. The highest BCUT2D eigenvalue weighted by Gasteiger charge is 2.73. The van der Waals surface area contributed by atoms with Gasteiger partial charge in [-0.1, -0.05) is 39.0 Å². The van der Waals surface area contributed by atoms with Crippen LogP contribution in [0.4, 0.5) is 0 Å². The lowest BCUT2D eigenvalue weighted by molar-refractivity contribution is -0.270. The van der Waals surface area contributed by atoms with Crippen LogP contribution in [-0.4, -0.2) is 69.7 Å². The van der Waals surface area contributed by atoms with Crippen molar-refractivity contribution in [3.8, 4) is 0 Å². The van der Waals surface area contributed by atoms with E-state index < -0.39 is 76.2 Å². The molecule has 2 bridgehead atoms. The fourth-order valence-electron chi connectivity index (χ4n) is 8.69. The highest BCUT2D eigenvalue weighted by Crippen LogP contribution is 2.65. The van der Waals surface area contributed by atoms with E-state index in [1.807, 2.05) is 6.92 Å². The molecule has 1 aliphatic heterocycles. The van der Waals surface area contributed by atoms with Crippen molar-refractivity contribution >= 4 is 23.9 Å². The number of ether oxygens (including phenoxy) is 4. The van der Waals surface area contributed by atoms with E-state index >= 15 is 0 Å². The van der Waals surface area contributed by atoms with Crippen LogP contribution in [0.5, 0.6) is 0 Å². The molecule has 5 rings (SSSR count). The van der Waals surface area contributed by atoms with E-state index in [4.69, 9.17) is 18.9 Å². The van der Waals surface area contributed by atoms with Crippen LogP contribution < -0.4 is 0 Å². The van der Waals surface area contributed by atoms with E-state index in [1.54, 1.807) is 51.1 Å². The zero-order valence-electron chi connectivity index (χ0n) is 25.7. The summed E-state index contributed by atoms with van der Waals surface area (Å²) in [6.45, 7) is 9.59. The van der Waals surface area contributed by atoms with Crippen molar-refractivity contribution in [2.24, 2.45) is 16.7 Å². The van der Waals surface area contributed by atoms with Gasteiger partial charge in [-0.05, 0) is 55.9 Å². The predicted octanol–water partition coefficient (Wildman–Crippen LogP) is 3.81. The monoisotopic (exact) mass is 598 g/mol. The van der Waals surface area contributed by atoms with E-state index in [1.165, 1.54) is 13.8 Å². The second-order valence-electron chi connectivity index (χ2n) is 13.5. The molecule has 0 radical (unpaired) electrons. The van der Waals surface area contributed by atoms with Crippen LogP contribution in [0.2, 0.25) is 0 Å². The van der Waals surface area contributed by atoms with Crippen molar-refractivity contribution in [1.82, 2.24) is 0 Å². The van der Waals surface area contributed by atoms with Gasteiger partial charge >= 0.3 is 23.9 Å². The molecule has 1 aromatic carbocycles. The summed E-state index contributed by atoms with van der Waals surface area (Å²) in [7, 11) is 0. The molecule has 43 heavy (non-hydrogen) atoms. The second-order valence-corrected chi connectivity index (χ2v) is 13.5. The summed E-state index contributed by atoms with van der Waals surface area (Å²) in [5, 5.41) is 24.5. The molecule has 1 spiro atoms. The third-order valence-electron chi connectivity index (χ3n) is 10.7. The first kappa shape index (κ1) is 31.2. The van der Waals surface area contributed by atoms with Gasteiger partial charge in [0.1, 0.15) is 23.4 Å². The highest BCUT2D eigenvalue weighted by molar-refractivity contribution is 5.89. The molecular weight excluding hydrogens is 556 g/mol. The third-order valence-corrected chi connectivity index (χ3v) is 10.7. The summed E-state index contributed by atoms with van der Waals surface area (Å²) in [5.41, 5.74) is -4.34. The number of carbonyl (C=O) groups is 4. The Balaban J connectivity index is 1.84. The van der Waals surface area contributed by atoms with Gasteiger partial charge in [0, 0.05) is 43.4 Å². The molecule has 1 heterocycles. The van der Waals surface area contributed by atoms with Crippen molar-refractivity contribution in [2.75, 3.05) is 0 Å². The summed E-state index contributed by atoms with van der Waals surface area (Å²) in [6, 6.07) is 8.39. The quantitative estimate of drug-likeness (QED) is 0.298. The standard InChI is InChI=1S/C33H42O10/c1-18-22(36)17-33(39)28(42-29(38)21-11-8-7-9-12-21)26-31(6,14-10-15-32(26)16-13-23(37)43-32)27(41-20(3)35)25(40-19(2)34)24(18)30(33,4)5/h7-9,11-12,22,25-28,36,39H,10,13-17H2,1-6H3/t22-,25+,26-,27-,28-,31+,32+,33+/m0/s1. The van der Waals surface area contributed by atoms with Crippen molar-refractivity contribution in [2.45, 2.75) is 116 Å². The van der Waals surface area contributed by atoms with Crippen LogP contribution in [0.25, 0.3) is 0 Å². The summed E-state index contributed by atoms with van der Waals surface area (Å²) in [5.74, 6) is -3.25. The molecule has 0 unspecified atom stereocenters. The van der Waals surface area contributed by atoms with Crippen molar-refractivity contribution in [3.63, 3.8) is 0 Å². The Morgan fingerprint density at radius 1 is 0.930 bits per heavy atom. The van der Waals surface area contributed by atoms with E-state index in [-0.39, 0.29) is 18.4 Å². The van der Waals surface area contributed by atoms with Crippen LogP contribution in [-0.2, 0) is 33.3 Å². The molecule has 3 aliphatic carbocycles. The second kappa shape index (κ2) is 10.7. The van der Waals surface area contributed by atoms with Crippen molar-refractivity contribution in [3.05, 3.63) is 47.0 Å². The molecule has 10 nitrogen and oxygen atoms in total. The fraction of sp³-hybridized carbons (Fsp3) is 0.636. The Kier molecular flexibility index (Phi) is 7.79. The lowest BCUT2D eigenvalue weighted by Gasteiger charge is -2.64. The number of hydrogen-bond donors (Lipinski definition) is 2. The molecule has 234 valence electrons. The van der Waals surface area contributed by atoms with Gasteiger partial charge in [-0.25, -0.2) is 4.79 Å². The average Bonchev–Trinajstić information content (AvgIpc) is 3.29. The maximum atomic E-state index is 13.8. The van der Waals surface area contributed by atoms with Crippen LogP contribution in [0.3, 0.4) is 0 Å². The number of hydrogen-bond acceptors (Lipinski definition) is 10. The van der Waals surface area contributed by atoms with Crippen LogP contribution in [0, 0.1) is 16.7 Å². The lowest BCUT2D eigenvalue weighted by atomic mass is 9.45. The Labute approximate surface area is 251 Å². The van der Waals surface area contributed by atoms with Crippen LogP contribution >= 0.6 is 0 Å². The number of aliphatic hydroxyl groups is 2. The van der Waals surface area contributed by atoms with E-state index in [0.717, 1.165) is 0 Å². The van der Waals surface area contributed by atoms with E-state index in [2.05, 4.69) is 0 Å². The largest absolute Gasteiger partial charge is 0.459 e. The smallest absolute Gasteiger partial charge is 0.338 e. The molecular formula is C33H42O10. The summed E-state index contributed by atoms with van der Waals surface area (Å²) >= 11 is 0. The first-order valence-electron chi connectivity index (χ1n) is 15.0. The molecule has 1 saturated heterocycles. The minimum Gasteiger partial charge on any atom is -0.459 e. The van der Waals surface area contributed by atoms with Gasteiger partial charge in [-0.15, -0.1) is 0 Å². The van der Waals surface area contributed by atoms with Gasteiger partial charge < -0.3 is 29.2 Å². The van der Waals surface area contributed by atoms with Gasteiger partial charge in [0.15, 0.2) is 6.10 Å². The maximum absolute atomic E-state index is 13.8. The zero-order valence-corrected chi connectivity index (χ0v) is 25.7. The van der Waals surface area contributed by atoms with Gasteiger partial charge in [-0.3, -0.25) is 14.4 Å². The van der Waals surface area contributed by atoms with Crippen molar-refractivity contribution < 1.29 is 48.3 Å². The molecule has 0 aromatic heterocycles.